The van der Waals surface area contributed by atoms with Gasteiger partial charge in [0.15, 0.2) is 0 Å². The van der Waals surface area contributed by atoms with E-state index >= 15 is 0 Å². The Bertz CT molecular complexity index is 445. The van der Waals surface area contributed by atoms with Crippen molar-refractivity contribution in [3.05, 3.63) is 29.8 Å². The summed E-state index contributed by atoms with van der Waals surface area (Å²) in [7, 11) is -3.43. The maximum atomic E-state index is 11.7. The SMILES string of the molecule is CCOCCS(=O)(=O)Nc1ccccc1CO. The van der Waals surface area contributed by atoms with Crippen LogP contribution in [-0.4, -0.2) is 32.5 Å². The fourth-order valence-corrected chi connectivity index (χ4v) is 2.26. The Labute approximate surface area is 101 Å². The van der Waals surface area contributed by atoms with E-state index in [1.165, 1.54) is 0 Å². The Hall–Kier alpha value is -1.11. The van der Waals surface area contributed by atoms with E-state index in [2.05, 4.69) is 4.72 Å². The molecule has 0 radical (unpaired) electrons. The van der Waals surface area contributed by atoms with Crippen molar-refractivity contribution in [3.8, 4) is 0 Å². The van der Waals surface area contributed by atoms with Crippen LogP contribution in [0, 0.1) is 0 Å². The zero-order valence-corrected chi connectivity index (χ0v) is 10.5. The number of aliphatic hydroxyl groups excluding tert-OH is 1. The Morgan fingerprint density at radius 3 is 2.71 bits per heavy atom. The minimum atomic E-state index is -3.43. The molecule has 0 amide bonds. The molecule has 0 atom stereocenters. The third-order valence-corrected chi connectivity index (χ3v) is 3.39. The van der Waals surface area contributed by atoms with Crippen molar-refractivity contribution in [2.24, 2.45) is 0 Å². The summed E-state index contributed by atoms with van der Waals surface area (Å²) >= 11 is 0. The van der Waals surface area contributed by atoms with Crippen LogP contribution in [0.15, 0.2) is 24.3 Å². The van der Waals surface area contributed by atoms with E-state index in [1.54, 1.807) is 31.2 Å². The third-order valence-electron chi connectivity index (χ3n) is 2.15. The number of benzene rings is 1. The minimum absolute atomic E-state index is 0.0966. The van der Waals surface area contributed by atoms with Gasteiger partial charge in [-0.25, -0.2) is 8.42 Å². The second kappa shape index (κ2) is 6.58. The molecule has 0 bridgehead atoms. The van der Waals surface area contributed by atoms with Gasteiger partial charge in [0.2, 0.25) is 10.0 Å². The lowest BCUT2D eigenvalue weighted by atomic mass is 10.2. The number of aliphatic hydroxyl groups is 1. The van der Waals surface area contributed by atoms with Gasteiger partial charge in [0, 0.05) is 12.2 Å². The van der Waals surface area contributed by atoms with Gasteiger partial charge in [0.05, 0.1) is 24.7 Å². The summed E-state index contributed by atoms with van der Waals surface area (Å²) in [6, 6.07) is 6.73. The predicted molar refractivity (Wildman–Crippen MR) is 66.3 cm³/mol. The lowest BCUT2D eigenvalue weighted by molar-refractivity contribution is 0.163. The fraction of sp³-hybridized carbons (Fsp3) is 0.455. The second-order valence-corrected chi connectivity index (χ2v) is 5.27. The van der Waals surface area contributed by atoms with Crippen molar-refractivity contribution >= 4 is 15.7 Å². The molecule has 0 aliphatic rings. The molecular formula is C11H17NO4S. The third kappa shape index (κ3) is 4.72. The molecule has 17 heavy (non-hydrogen) atoms. The average molecular weight is 259 g/mol. The molecule has 2 N–H and O–H groups in total. The van der Waals surface area contributed by atoms with E-state index in [1.807, 2.05) is 0 Å². The largest absolute Gasteiger partial charge is 0.392 e. The molecule has 0 heterocycles. The van der Waals surface area contributed by atoms with E-state index in [4.69, 9.17) is 9.84 Å². The summed E-state index contributed by atoms with van der Waals surface area (Å²) in [5, 5.41) is 9.07. The molecule has 96 valence electrons. The number of rotatable bonds is 7. The number of anilines is 1. The first-order valence-electron chi connectivity index (χ1n) is 5.36. The lowest BCUT2D eigenvalue weighted by Gasteiger charge is -2.11. The number of hydrogen-bond acceptors (Lipinski definition) is 4. The summed E-state index contributed by atoms with van der Waals surface area (Å²) in [6.45, 7) is 2.25. The smallest absolute Gasteiger partial charge is 0.235 e. The molecular weight excluding hydrogens is 242 g/mol. The molecule has 0 spiro atoms. The molecule has 0 aliphatic heterocycles. The number of hydrogen-bond donors (Lipinski definition) is 2. The van der Waals surface area contributed by atoms with Crippen LogP contribution in [0.1, 0.15) is 12.5 Å². The zero-order valence-electron chi connectivity index (χ0n) is 9.72. The highest BCUT2D eigenvalue weighted by Gasteiger charge is 2.12. The molecule has 0 saturated carbocycles. The van der Waals surface area contributed by atoms with Crippen molar-refractivity contribution in [1.29, 1.82) is 0 Å². The van der Waals surface area contributed by atoms with Gasteiger partial charge < -0.3 is 9.84 Å². The summed E-state index contributed by atoms with van der Waals surface area (Å²) < 4.78 is 30.8. The van der Waals surface area contributed by atoms with Crippen LogP contribution >= 0.6 is 0 Å². The van der Waals surface area contributed by atoms with Gasteiger partial charge in [-0.05, 0) is 13.0 Å². The summed E-state index contributed by atoms with van der Waals surface area (Å²) in [5.74, 6) is -0.0966. The van der Waals surface area contributed by atoms with Crippen LogP contribution in [0.3, 0.4) is 0 Å². The van der Waals surface area contributed by atoms with Crippen molar-refractivity contribution < 1.29 is 18.3 Å². The van der Waals surface area contributed by atoms with Gasteiger partial charge in [-0.3, -0.25) is 4.72 Å². The lowest BCUT2D eigenvalue weighted by Crippen LogP contribution is -2.20. The van der Waals surface area contributed by atoms with E-state index in [-0.39, 0.29) is 19.0 Å². The molecule has 1 aromatic carbocycles. The van der Waals surface area contributed by atoms with Gasteiger partial charge in [-0.1, -0.05) is 18.2 Å². The minimum Gasteiger partial charge on any atom is -0.392 e. The predicted octanol–water partition coefficient (Wildman–Crippen LogP) is 0.957. The highest BCUT2D eigenvalue weighted by atomic mass is 32.2. The van der Waals surface area contributed by atoms with Gasteiger partial charge in [0.1, 0.15) is 0 Å². The molecule has 0 unspecified atom stereocenters. The number of nitrogens with one attached hydrogen (secondary N) is 1. The van der Waals surface area contributed by atoms with Crippen molar-refractivity contribution in [2.45, 2.75) is 13.5 Å². The highest BCUT2D eigenvalue weighted by molar-refractivity contribution is 7.92. The first-order chi connectivity index (χ1) is 8.09. The quantitative estimate of drug-likeness (QED) is 0.715. The summed E-state index contributed by atoms with van der Waals surface area (Å²) in [6.07, 6.45) is 0. The molecule has 5 nitrogen and oxygen atoms in total. The standard InChI is InChI=1S/C11H17NO4S/c1-2-16-7-8-17(14,15)12-11-6-4-3-5-10(11)9-13/h3-6,12-13H,2,7-9H2,1H3. The second-order valence-electron chi connectivity index (χ2n) is 3.43. The van der Waals surface area contributed by atoms with Crippen molar-refractivity contribution in [2.75, 3.05) is 23.7 Å². The molecule has 1 rings (SSSR count). The van der Waals surface area contributed by atoms with E-state index < -0.39 is 10.0 Å². The molecule has 0 fully saturated rings. The Kier molecular flexibility index (Phi) is 5.40. The first-order valence-corrected chi connectivity index (χ1v) is 7.01. The zero-order chi connectivity index (χ0) is 12.7. The van der Waals surface area contributed by atoms with Crippen molar-refractivity contribution in [3.63, 3.8) is 0 Å². The highest BCUT2D eigenvalue weighted by Crippen LogP contribution is 2.16. The van der Waals surface area contributed by atoms with Crippen LogP contribution in [0.2, 0.25) is 0 Å². The van der Waals surface area contributed by atoms with E-state index in [9.17, 15) is 8.42 Å². The monoisotopic (exact) mass is 259 g/mol. The molecule has 1 aromatic rings. The van der Waals surface area contributed by atoms with Gasteiger partial charge in [-0.15, -0.1) is 0 Å². The Morgan fingerprint density at radius 2 is 2.06 bits per heavy atom. The van der Waals surface area contributed by atoms with Crippen LogP contribution < -0.4 is 4.72 Å². The number of para-hydroxylation sites is 1. The maximum Gasteiger partial charge on any atom is 0.235 e. The Morgan fingerprint density at radius 1 is 1.35 bits per heavy atom. The number of ether oxygens (including phenoxy) is 1. The van der Waals surface area contributed by atoms with E-state index in [0.29, 0.717) is 17.9 Å². The van der Waals surface area contributed by atoms with E-state index in [0.717, 1.165) is 0 Å². The van der Waals surface area contributed by atoms with Crippen LogP contribution in [-0.2, 0) is 21.4 Å². The fourth-order valence-electron chi connectivity index (χ4n) is 1.29. The maximum absolute atomic E-state index is 11.7. The number of sulfonamides is 1. The van der Waals surface area contributed by atoms with Gasteiger partial charge >= 0.3 is 0 Å². The van der Waals surface area contributed by atoms with Crippen LogP contribution in [0.5, 0.6) is 0 Å². The molecule has 0 saturated heterocycles. The normalized spacial score (nSPS) is 11.4. The van der Waals surface area contributed by atoms with Crippen LogP contribution in [0.4, 0.5) is 5.69 Å². The van der Waals surface area contributed by atoms with Gasteiger partial charge in [-0.2, -0.15) is 0 Å². The van der Waals surface area contributed by atoms with Gasteiger partial charge in [0.25, 0.3) is 0 Å². The first kappa shape index (κ1) is 14.0. The summed E-state index contributed by atoms with van der Waals surface area (Å²) in [5.41, 5.74) is 0.957. The topological polar surface area (TPSA) is 75.6 Å². The van der Waals surface area contributed by atoms with Crippen molar-refractivity contribution in [1.82, 2.24) is 0 Å². The molecule has 0 aromatic heterocycles. The average Bonchev–Trinajstić information content (AvgIpc) is 2.29. The Balaban J connectivity index is 2.69. The molecule has 0 aliphatic carbocycles. The summed E-state index contributed by atoms with van der Waals surface area (Å²) in [4.78, 5) is 0. The van der Waals surface area contributed by atoms with Crippen LogP contribution in [0.25, 0.3) is 0 Å². The molecule has 6 heteroatoms.